The summed E-state index contributed by atoms with van der Waals surface area (Å²) in [6.45, 7) is 2.04. The number of aromatic nitrogens is 3. The van der Waals surface area contributed by atoms with E-state index in [9.17, 15) is 4.79 Å². The Morgan fingerprint density at radius 3 is 3.06 bits per heavy atom. The lowest BCUT2D eigenvalue weighted by atomic mass is 10.2. The van der Waals surface area contributed by atoms with Crippen LogP contribution in [-0.2, 0) is 4.74 Å². The second-order valence-electron chi connectivity index (χ2n) is 3.31. The zero-order valence-electron chi connectivity index (χ0n) is 9.33. The van der Waals surface area contributed by atoms with Crippen molar-refractivity contribution >= 4 is 11.7 Å². The molecule has 0 aliphatic carbocycles. The molecule has 0 atom stereocenters. The lowest BCUT2D eigenvalue weighted by Crippen LogP contribution is -2.12. The normalized spacial score (nSPS) is 10.2. The largest absolute Gasteiger partial charge is 0.462 e. The predicted octanol–water partition coefficient (Wildman–Crippen LogP) is 1.03. The molecule has 0 aromatic carbocycles. The summed E-state index contributed by atoms with van der Waals surface area (Å²) < 4.78 is 6.44. The zero-order valence-corrected chi connectivity index (χ0v) is 9.33. The summed E-state index contributed by atoms with van der Waals surface area (Å²) in [7, 11) is 0. The van der Waals surface area contributed by atoms with E-state index in [0.717, 1.165) is 0 Å². The third-order valence-electron chi connectivity index (χ3n) is 2.10. The molecular formula is C11H12N4O2. The van der Waals surface area contributed by atoms with Crippen molar-refractivity contribution in [3.8, 4) is 5.82 Å². The van der Waals surface area contributed by atoms with Crippen LogP contribution in [0.4, 0.5) is 5.69 Å². The van der Waals surface area contributed by atoms with Crippen molar-refractivity contribution in [2.45, 2.75) is 6.92 Å². The molecule has 2 heterocycles. The van der Waals surface area contributed by atoms with Crippen LogP contribution in [0.2, 0.25) is 0 Å². The Morgan fingerprint density at radius 1 is 1.59 bits per heavy atom. The SMILES string of the molecule is CCOC(=O)c1cc(N)cnc1-n1cccn1. The molecule has 0 radical (unpaired) electrons. The van der Waals surface area contributed by atoms with Crippen molar-refractivity contribution in [3.05, 3.63) is 36.3 Å². The van der Waals surface area contributed by atoms with E-state index in [2.05, 4.69) is 10.1 Å². The third-order valence-corrected chi connectivity index (χ3v) is 2.10. The van der Waals surface area contributed by atoms with E-state index in [1.807, 2.05) is 0 Å². The number of hydrogen-bond acceptors (Lipinski definition) is 5. The van der Waals surface area contributed by atoms with Crippen LogP contribution >= 0.6 is 0 Å². The van der Waals surface area contributed by atoms with Gasteiger partial charge >= 0.3 is 5.97 Å². The van der Waals surface area contributed by atoms with Gasteiger partial charge in [-0.05, 0) is 19.1 Å². The summed E-state index contributed by atoms with van der Waals surface area (Å²) in [5.41, 5.74) is 6.32. The van der Waals surface area contributed by atoms with Gasteiger partial charge in [0, 0.05) is 12.4 Å². The molecule has 2 N–H and O–H groups in total. The van der Waals surface area contributed by atoms with Crippen LogP contribution in [0.5, 0.6) is 0 Å². The zero-order chi connectivity index (χ0) is 12.3. The highest BCUT2D eigenvalue weighted by molar-refractivity contribution is 5.93. The molecule has 0 aliphatic rings. The Labute approximate surface area is 98.0 Å². The highest BCUT2D eigenvalue weighted by Crippen LogP contribution is 2.15. The molecule has 6 nitrogen and oxygen atoms in total. The number of rotatable bonds is 3. The number of carbonyl (C=O) groups excluding carboxylic acids is 1. The van der Waals surface area contributed by atoms with Gasteiger partial charge in [0.1, 0.15) is 5.56 Å². The number of pyridine rings is 1. The van der Waals surface area contributed by atoms with E-state index in [1.165, 1.54) is 16.9 Å². The van der Waals surface area contributed by atoms with Gasteiger partial charge in [0.15, 0.2) is 5.82 Å². The molecule has 17 heavy (non-hydrogen) atoms. The van der Waals surface area contributed by atoms with Crippen LogP contribution < -0.4 is 5.73 Å². The van der Waals surface area contributed by atoms with Gasteiger partial charge in [-0.25, -0.2) is 14.5 Å². The average molecular weight is 232 g/mol. The number of nitrogen functional groups attached to an aromatic ring is 1. The van der Waals surface area contributed by atoms with Gasteiger partial charge in [0.25, 0.3) is 0 Å². The molecule has 0 amide bonds. The molecule has 0 saturated carbocycles. The molecule has 0 aliphatic heterocycles. The Balaban J connectivity index is 2.48. The smallest absolute Gasteiger partial charge is 0.342 e. The molecule has 2 aromatic rings. The van der Waals surface area contributed by atoms with Gasteiger partial charge in [-0.2, -0.15) is 5.10 Å². The first-order valence-electron chi connectivity index (χ1n) is 5.15. The molecule has 0 spiro atoms. The maximum atomic E-state index is 11.8. The van der Waals surface area contributed by atoms with Crippen molar-refractivity contribution in [3.63, 3.8) is 0 Å². The molecule has 2 rings (SSSR count). The second kappa shape index (κ2) is 4.65. The van der Waals surface area contributed by atoms with Gasteiger partial charge in [-0.3, -0.25) is 0 Å². The number of nitrogens with zero attached hydrogens (tertiary/aromatic N) is 3. The Kier molecular flexibility index (Phi) is 3.04. The maximum Gasteiger partial charge on any atom is 0.342 e. The Bertz CT molecular complexity index is 522. The molecular weight excluding hydrogens is 220 g/mol. The molecule has 0 bridgehead atoms. The third kappa shape index (κ3) is 2.25. The first kappa shape index (κ1) is 11.1. The number of nitrogens with two attached hydrogens (primary N) is 1. The van der Waals surface area contributed by atoms with Crippen molar-refractivity contribution < 1.29 is 9.53 Å². The van der Waals surface area contributed by atoms with Crippen molar-refractivity contribution in [1.82, 2.24) is 14.8 Å². The van der Waals surface area contributed by atoms with Gasteiger partial charge in [-0.15, -0.1) is 0 Å². The molecule has 6 heteroatoms. The number of esters is 1. The minimum Gasteiger partial charge on any atom is -0.462 e. The molecule has 0 unspecified atom stereocenters. The summed E-state index contributed by atoms with van der Waals surface area (Å²) >= 11 is 0. The fraction of sp³-hybridized carbons (Fsp3) is 0.182. The van der Waals surface area contributed by atoms with Crippen LogP contribution in [0.15, 0.2) is 30.7 Å². The topological polar surface area (TPSA) is 83.0 Å². The summed E-state index contributed by atoms with van der Waals surface area (Å²) in [5.74, 6) is -0.0551. The van der Waals surface area contributed by atoms with Gasteiger partial charge in [-0.1, -0.05) is 0 Å². The van der Waals surface area contributed by atoms with Crippen LogP contribution in [0.1, 0.15) is 17.3 Å². The van der Waals surface area contributed by atoms with Crippen molar-refractivity contribution in [1.29, 1.82) is 0 Å². The van der Waals surface area contributed by atoms with E-state index in [-0.39, 0.29) is 0 Å². The van der Waals surface area contributed by atoms with E-state index in [0.29, 0.717) is 23.7 Å². The fourth-order valence-electron chi connectivity index (χ4n) is 1.41. The second-order valence-corrected chi connectivity index (χ2v) is 3.31. The Hall–Kier alpha value is -2.37. The lowest BCUT2D eigenvalue weighted by Gasteiger charge is -2.08. The first-order valence-corrected chi connectivity index (χ1v) is 5.15. The minimum absolute atomic E-state index is 0.298. The van der Waals surface area contributed by atoms with E-state index in [1.54, 1.807) is 25.4 Å². The van der Waals surface area contributed by atoms with Crippen LogP contribution in [0.25, 0.3) is 5.82 Å². The maximum absolute atomic E-state index is 11.8. The van der Waals surface area contributed by atoms with E-state index in [4.69, 9.17) is 10.5 Å². The van der Waals surface area contributed by atoms with E-state index >= 15 is 0 Å². The van der Waals surface area contributed by atoms with Gasteiger partial charge < -0.3 is 10.5 Å². The molecule has 88 valence electrons. The minimum atomic E-state index is -0.460. The lowest BCUT2D eigenvalue weighted by molar-refractivity contribution is 0.0526. The highest BCUT2D eigenvalue weighted by atomic mass is 16.5. The fourth-order valence-corrected chi connectivity index (χ4v) is 1.41. The monoisotopic (exact) mass is 232 g/mol. The van der Waals surface area contributed by atoms with Gasteiger partial charge in [0.2, 0.25) is 0 Å². The number of ether oxygens (including phenoxy) is 1. The molecule has 0 saturated heterocycles. The highest BCUT2D eigenvalue weighted by Gasteiger charge is 2.15. The van der Waals surface area contributed by atoms with Gasteiger partial charge in [0.05, 0.1) is 18.5 Å². The van der Waals surface area contributed by atoms with E-state index < -0.39 is 5.97 Å². The van der Waals surface area contributed by atoms with Crippen molar-refractivity contribution in [2.24, 2.45) is 0 Å². The average Bonchev–Trinajstić information content (AvgIpc) is 2.82. The number of anilines is 1. The van der Waals surface area contributed by atoms with Crippen LogP contribution in [0.3, 0.4) is 0 Å². The standard InChI is InChI=1S/C11H12N4O2/c1-2-17-11(16)9-6-8(12)7-13-10(9)15-5-3-4-14-15/h3-7H,2,12H2,1H3. The Morgan fingerprint density at radius 2 is 2.41 bits per heavy atom. The summed E-state index contributed by atoms with van der Waals surface area (Å²) in [6, 6.07) is 3.27. The first-order chi connectivity index (χ1) is 8.22. The van der Waals surface area contributed by atoms with Crippen LogP contribution in [-0.4, -0.2) is 27.3 Å². The molecule has 2 aromatic heterocycles. The van der Waals surface area contributed by atoms with Crippen LogP contribution in [0, 0.1) is 0 Å². The van der Waals surface area contributed by atoms with Crippen molar-refractivity contribution in [2.75, 3.05) is 12.3 Å². The predicted molar refractivity (Wildman–Crippen MR) is 61.7 cm³/mol. The molecule has 0 fully saturated rings. The summed E-state index contributed by atoms with van der Waals surface area (Å²) in [5, 5.41) is 4.02. The number of carbonyl (C=O) groups is 1. The summed E-state index contributed by atoms with van der Waals surface area (Å²) in [4.78, 5) is 15.9. The quantitative estimate of drug-likeness (QED) is 0.799. The summed E-state index contributed by atoms with van der Waals surface area (Å²) in [6.07, 6.45) is 4.77. The number of hydrogen-bond donors (Lipinski definition) is 1.